The van der Waals surface area contributed by atoms with Gasteiger partial charge < -0.3 is 9.80 Å². The molecule has 0 unspecified atom stereocenters. The molecule has 6 heteroatoms. The Labute approximate surface area is 197 Å². The zero-order chi connectivity index (χ0) is 23.7. The molecule has 1 aromatic carbocycles. The van der Waals surface area contributed by atoms with Crippen LogP contribution < -0.4 is 15.5 Å². The van der Waals surface area contributed by atoms with Crippen molar-refractivity contribution in [2.24, 2.45) is 0 Å². The third-order valence-corrected chi connectivity index (χ3v) is 7.09. The van der Waals surface area contributed by atoms with E-state index in [4.69, 9.17) is 4.98 Å². The molecule has 0 fully saturated rings. The van der Waals surface area contributed by atoms with E-state index in [1.165, 1.54) is 37.1 Å². The number of hydrogen-bond donors (Lipinski definition) is 0. The highest BCUT2D eigenvalue weighted by Gasteiger charge is 2.29. The second-order valence-corrected chi connectivity index (χ2v) is 9.29. The minimum Gasteiger partial charge on any atom is -0.372 e. The molecule has 0 spiro atoms. The summed E-state index contributed by atoms with van der Waals surface area (Å²) in [6.07, 6.45) is 4.68. The van der Waals surface area contributed by atoms with E-state index in [9.17, 15) is 4.79 Å². The standard InChI is InChI=1S/C27H39N5O/c1-7-11-21(12-8-2)30-15-16-31-25-24(30)18-20(6)28-26(25)32(27(31)33)23-14-13-22(17-19(23)5)29(9-3)10-4/h13-14,17-18,21H,7-12,15-16H2,1-6H3. The molecule has 0 N–H and O–H groups in total. The van der Waals surface area contributed by atoms with Crippen molar-refractivity contribution >= 4 is 22.5 Å². The third-order valence-electron chi connectivity index (χ3n) is 7.09. The molecule has 2 aromatic heterocycles. The van der Waals surface area contributed by atoms with Crippen molar-refractivity contribution in [2.45, 2.75) is 79.8 Å². The molecule has 33 heavy (non-hydrogen) atoms. The van der Waals surface area contributed by atoms with E-state index in [0.29, 0.717) is 12.6 Å². The fourth-order valence-corrected chi connectivity index (χ4v) is 5.50. The first-order chi connectivity index (χ1) is 15.9. The van der Waals surface area contributed by atoms with Crippen LogP contribution in [0.4, 0.5) is 11.4 Å². The van der Waals surface area contributed by atoms with Gasteiger partial charge in [-0.3, -0.25) is 4.57 Å². The average molecular weight is 450 g/mol. The van der Waals surface area contributed by atoms with E-state index in [2.05, 4.69) is 68.7 Å². The van der Waals surface area contributed by atoms with Gasteiger partial charge in [0.15, 0.2) is 5.65 Å². The predicted molar refractivity (Wildman–Crippen MR) is 139 cm³/mol. The fourth-order valence-electron chi connectivity index (χ4n) is 5.50. The van der Waals surface area contributed by atoms with Gasteiger partial charge in [-0.25, -0.2) is 14.3 Å². The van der Waals surface area contributed by atoms with Gasteiger partial charge in [-0.15, -0.1) is 0 Å². The number of anilines is 2. The third kappa shape index (κ3) is 4.04. The zero-order valence-corrected chi connectivity index (χ0v) is 21.2. The van der Waals surface area contributed by atoms with Crippen molar-refractivity contribution < 1.29 is 0 Å². The number of aromatic nitrogens is 3. The number of pyridine rings is 1. The van der Waals surface area contributed by atoms with Gasteiger partial charge in [0.05, 0.1) is 11.4 Å². The van der Waals surface area contributed by atoms with Crippen LogP contribution in [-0.2, 0) is 6.54 Å². The van der Waals surface area contributed by atoms with Crippen LogP contribution in [0.1, 0.15) is 64.6 Å². The van der Waals surface area contributed by atoms with Crippen LogP contribution in [0.2, 0.25) is 0 Å². The maximum atomic E-state index is 13.7. The highest BCUT2D eigenvalue weighted by molar-refractivity contribution is 5.89. The SMILES string of the molecule is CCCC(CCC)N1CCn2c(=O)n(-c3ccc(N(CC)CC)cc3C)c3nc(C)cc1c32. The Morgan fingerprint density at radius 3 is 2.27 bits per heavy atom. The summed E-state index contributed by atoms with van der Waals surface area (Å²) in [4.78, 5) is 23.5. The fraction of sp³-hybridized carbons (Fsp3) is 0.556. The van der Waals surface area contributed by atoms with Gasteiger partial charge in [-0.05, 0) is 70.4 Å². The first-order valence-electron chi connectivity index (χ1n) is 12.7. The van der Waals surface area contributed by atoms with Crippen molar-refractivity contribution in [3.63, 3.8) is 0 Å². The van der Waals surface area contributed by atoms with E-state index in [0.717, 1.165) is 47.7 Å². The Morgan fingerprint density at radius 2 is 1.67 bits per heavy atom. The summed E-state index contributed by atoms with van der Waals surface area (Å²) < 4.78 is 3.78. The molecule has 1 aliphatic heterocycles. The monoisotopic (exact) mass is 449 g/mol. The average Bonchev–Trinajstić information content (AvgIpc) is 3.07. The lowest BCUT2D eigenvalue weighted by molar-refractivity contribution is 0.480. The van der Waals surface area contributed by atoms with E-state index in [1.807, 2.05) is 16.1 Å². The second-order valence-electron chi connectivity index (χ2n) is 9.29. The Balaban J connectivity index is 1.90. The number of imidazole rings is 1. The summed E-state index contributed by atoms with van der Waals surface area (Å²) in [7, 11) is 0. The molecule has 0 saturated carbocycles. The van der Waals surface area contributed by atoms with E-state index in [1.54, 1.807) is 0 Å². The predicted octanol–water partition coefficient (Wildman–Crippen LogP) is 5.44. The summed E-state index contributed by atoms with van der Waals surface area (Å²) in [6, 6.07) is 9.10. The molecule has 0 atom stereocenters. The molecule has 0 bridgehead atoms. The molecule has 4 rings (SSSR count). The number of rotatable bonds is 9. The maximum absolute atomic E-state index is 13.7. The van der Waals surface area contributed by atoms with Gasteiger partial charge in [-0.2, -0.15) is 0 Å². The molecular weight excluding hydrogens is 410 g/mol. The largest absolute Gasteiger partial charge is 0.372 e. The Kier molecular flexibility index (Phi) is 6.82. The highest BCUT2D eigenvalue weighted by atomic mass is 16.1. The minimum atomic E-state index is 0.0187. The lowest BCUT2D eigenvalue weighted by Gasteiger charge is -2.37. The quantitative estimate of drug-likeness (QED) is 0.436. The normalized spacial score (nSPS) is 13.4. The molecular formula is C27H39N5O. The van der Waals surface area contributed by atoms with E-state index >= 15 is 0 Å². The highest BCUT2D eigenvalue weighted by Crippen LogP contribution is 2.34. The number of nitrogens with zero attached hydrogens (tertiary/aromatic N) is 5. The molecule has 178 valence electrons. The van der Waals surface area contributed by atoms with Crippen LogP contribution in [0, 0.1) is 13.8 Å². The van der Waals surface area contributed by atoms with Gasteiger partial charge in [0.25, 0.3) is 0 Å². The molecule has 0 radical (unpaired) electrons. The zero-order valence-electron chi connectivity index (χ0n) is 21.2. The van der Waals surface area contributed by atoms with Crippen LogP contribution in [0.3, 0.4) is 0 Å². The minimum absolute atomic E-state index is 0.0187. The van der Waals surface area contributed by atoms with Gasteiger partial charge in [0.1, 0.15) is 5.52 Å². The van der Waals surface area contributed by atoms with Gasteiger partial charge in [0, 0.05) is 43.6 Å². The van der Waals surface area contributed by atoms with E-state index in [-0.39, 0.29) is 5.69 Å². The number of aryl methyl sites for hydroxylation is 2. The van der Waals surface area contributed by atoms with Crippen molar-refractivity contribution in [3.8, 4) is 5.69 Å². The lowest BCUT2D eigenvalue weighted by Crippen LogP contribution is -2.42. The molecule has 6 nitrogen and oxygen atoms in total. The van der Waals surface area contributed by atoms with Crippen LogP contribution in [0.25, 0.3) is 16.9 Å². The summed E-state index contributed by atoms with van der Waals surface area (Å²) in [5, 5.41) is 0. The molecule has 1 aliphatic rings. The van der Waals surface area contributed by atoms with Crippen molar-refractivity contribution in [1.82, 2.24) is 14.1 Å². The molecule has 0 amide bonds. The van der Waals surface area contributed by atoms with Crippen molar-refractivity contribution in [3.05, 3.63) is 46.0 Å². The molecule has 0 aliphatic carbocycles. The Bertz CT molecular complexity index is 1180. The van der Waals surface area contributed by atoms with Crippen LogP contribution >= 0.6 is 0 Å². The summed E-state index contributed by atoms with van der Waals surface area (Å²) >= 11 is 0. The lowest BCUT2D eigenvalue weighted by atomic mass is 10.0. The van der Waals surface area contributed by atoms with Crippen LogP contribution in [-0.4, -0.2) is 39.8 Å². The Morgan fingerprint density at radius 1 is 0.970 bits per heavy atom. The van der Waals surface area contributed by atoms with Gasteiger partial charge >= 0.3 is 5.69 Å². The summed E-state index contributed by atoms with van der Waals surface area (Å²) in [6.45, 7) is 16.5. The summed E-state index contributed by atoms with van der Waals surface area (Å²) in [5.74, 6) is 0. The van der Waals surface area contributed by atoms with Gasteiger partial charge in [-0.1, -0.05) is 26.7 Å². The molecule has 3 aromatic rings. The number of hydrogen-bond acceptors (Lipinski definition) is 4. The first kappa shape index (κ1) is 23.4. The van der Waals surface area contributed by atoms with E-state index < -0.39 is 0 Å². The smallest absolute Gasteiger partial charge is 0.335 e. The number of benzene rings is 1. The molecule has 0 saturated heterocycles. The summed E-state index contributed by atoms with van der Waals surface area (Å²) in [5.41, 5.74) is 7.13. The van der Waals surface area contributed by atoms with Crippen molar-refractivity contribution in [2.75, 3.05) is 29.4 Å². The topological polar surface area (TPSA) is 46.3 Å². The maximum Gasteiger partial charge on any atom is 0.335 e. The first-order valence-corrected chi connectivity index (χ1v) is 12.7. The Hall–Kier alpha value is -2.76. The van der Waals surface area contributed by atoms with Gasteiger partial charge in [0.2, 0.25) is 0 Å². The van der Waals surface area contributed by atoms with Crippen molar-refractivity contribution in [1.29, 1.82) is 0 Å². The van der Waals surface area contributed by atoms with Crippen LogP contribution in [0.5, 0.6) is 0 Å². The second kappa shape index (κ2) is 9.62. The molecule has 3 heterocycles. The van der Waals surface area contributed by atoms with Crippen LogP contribution in [0.15, 0.2) is 29.1 Å².